The molecule has 0 aliphatic carbocycles. The molecule has 2 heteroatoms. The fourth-order valence-corrected chi connectivity index (χ4v) is 0.888. The maximum absolute atomic E-state index is 8.57. The first-order valence-electron chi connectivity index (χ1n) is 3.47. The molecule has 12 heavy (non-hydrogen) atoms. The van der Waals surface area contributed by atoms with Crippen LogP contribution >= 0.6 is 0 Å². The van der Waals surface area contributed by atoms with Crippen molar-refractivity contribution in [2.45, 2.75) is 0 Å². The second kappa shape index (κ2) is 3.49. The van der Waals surface area contributed by atoms with Crippen molar-refractivity contribution in [1.82, 2.24) is 4.98 Å². The van der Waals surface area contributed by atoms with Crippen LogP contribution in [0.2, 0.25) is 0 Å². The van der Waals surface area contributed by atoms with Crippen molar-refractivity contribution in [3.8, 4) is 6.07 Å². The normalized spacial score (nSPS) is 8.58. The van der Waals surface area contributed by atoms with Crippen LogP contribution in [0.5, 0.6) is 0 Å². The van der Waals surface area contributed by atoms with Crippen molar-refractivity contribution < 1.29 is 0 Å². The predicted molar refractivity (Wildman–Crippen MR) is 49.1 cm³/mol. The number of rotatable bonds is 2. The summed E-state index contributed by atoms with van der Waals surface area (Å²) in [5.41, 5.74) is 2.13. The minimum Gasteiger partial charge on any atom is -0.255 e. The first-order valence-corrected chi connectivity index (χ1v) is 3.47. The molecule has 0 saturated carbocycles. The summed E-state index contributed by atoms with van der Waals surface area (Å²) in [6.45, 7) is 7.22. The minimum atomic E-state index is 0.538. The van der Waals surface area contributed by atoms with Crippen LogP contribution in [0.15, 0.2) is 25.4 Å². The van der Waals surface area contributed by atoms with Gasteiger partial charge >= 0.3 is 0 Å². The van der Waals surface area contributed by atoms with E-state index >= 15 is 0 Å². The van der Waals surface area contributed by atoms with E-state index < -0.39 is 0 Å². The van der Waals surface area contributed by atoms with Gasteiger partial charge in [0.25, 0.3) is 0 Å². The van der Waals surface area contributed by atoms with Gasteiger partial charge in [0.2, 0.25) is 0 Å². The number of hydrogen-bond acceptors (Lipinski definition) is 2. The average Bonchev–Trinajstić information content (AvgIpc) is 2.16. The highest BCUT2D eigenvalue weighted by Gasteiger charge is 1.97. The smallest absolute Gasteiger partial charge is 0.101 e. The van der Waals surface area contributed by atoms with E-state index in [1.807, 2.05) is 6.07 Å². The van der Waals surface area contributed by atoms with Crippen molar-refractivity contribution in [1.29, 1.82) is 5.26 Å². The molecule has 1 aromatic rings. The first kappa shape index (κ1) is 8.22. The molecule has 1 heterocycles. The summed E-state index contributed by atoms with van der Waals surface area (Å²) in [7, 11) is 0. The van der Waals surface area contributed by atoms with E-state index in [4.69, 9.17) is 5.26 Å². The third-order valence-electron chi connectivity index (χ3n) is 1.49. The SMILES string of the molecule is C=Cc1cc(C#N)cnc1C=C. The Labute approximate surface area is 71.5 Å². The molecule has 58 valence electrons. The number of hydrogen-bond donors (Lipinski definition) is 0. The molecule has 1 aromatic heterocycles. The van der Waals surface area contributed by atoms with Crippen LogP contribution in [0.3, 0.4) is 0 Å². The van der Waals surface area contributed by atoms with Gasteiger partial charge in [-0.3, -0.25) is 4.98 Å². The summed E-state index contributed by atoms with van der Waals surface area (Å²) in [6, 6.07) is 3.74. The van der Waals surface area contributed by atoms with Gasteiger partial charge in [-0.05, 0) is 12.1 Å². The lowest BCUT2D eigenvalue weighted by molar-refractivity contribution is 1.26. The number of aromatic nitrogens is 1. The Balaban J connectivity index is 3.30. The second-order valence-electron chi connectivity index (χ2n) is 2.22. The zero-order valence-electron chi connectivity index (χ0n) is 6.62. The third-order valence-corrected chi connectivity index (χ3v) is 1.49. The van der Waals surface area contributed by atoms with Crippen LogP contribution in [0, 0.1) is 11.3 Å². The van der Waals surface area contributed by atoms with Gasteiger partial charge in [0.15, 0.2) is 0 Å². The Kier molecular flexibility index (Phi) is 2.39. The lowest BCUT2D eigenvalue weighted by atomic mass is 10.1. The van der Waals surface area contributed by atoms with Crippen molar-refractivity contribution in [3.05, 3.63) is 42.2 Å². The van der Waals surface area contributed by atoms with Crippen LogP contribution < -0.4 is 0 Å². The summed E-state index contributed by atoms with van der Waals surface area (Å²) in [6.07, 6.45) is 4.81. The van der Waals surface area contributed by atoms with Gasteiger partial charge in [-0.25, -0.2) is 0 Å². The zero-order valence-corrected chi connectivity index (χ0v) is 6.62. The Bertz CT molecular complexity index is 359. The first-order chi connectivity index (χ1) is 5.81. The summed E-state index contributed by atoms with van der Waals surface area (Å²) in [5.74, 6) is 0. The Morgan fingerprint density at radius 1 is 1.42 bits per heavy atom. The predicted octanol–water partition coefficient (Wildman–Crippen LogP) is 2.24. The van der Waals surface area contributed by atoms with Crippen LogP contribution in [-0.4, -0.2) is 4.98 Å². The lowest BCUT2D eigenvalue weighted by Crippen LogP contribution is -1.87. The summed E-state index contributed by atoms with van der Waals surface area (Å²) in [4.78, 5) is 4.03. The number of nitrogens with zero attached hydrogens (tertiary/aromatic N) is 2. The van der Waals surface area contributed by atoms with Crippen LogP contribution in [0.25, 0.3) is 12.2 Å². The van der Waals surface area contributed by atoms with E-state index in [-0.39, 0.29) is 0 Å². The minimum absolute atomic E-state index is 0.538. The van der Waals surface area contributed by atoms with Crippen LogP contribution in [0.1, 0.15) is 16.8 Å². The number of nitriles is 1. The molecule has 0 saturated heterocycles. The molecule has 0 bridgehead atoms. The highest BCUT2D eigenvalue weighted by atomic mass is 14.7. The van der Waals surface area contributed by atoms with Crippen LogP contribution in [-0.2, 0) is 0 Å². The van der Waals surface area contributed by atoms with E-state index in [9.17, 15) is 0 Å². The van der Waals surface area contributed by atoms with Crippen molar-refractivity contribution >= 4 is 12.2 Å². The van der Waals surface area contributed by atoms with E-state index in [0.29, 0.717) is 5.56 Å². The molecule has 0 unspecified atom stereocenters. The molecule has 0 amide bonds. The van der Waals surface area contributed by atoms with Gasteiger partial charge in [-0.15, -0.1) is 0 Å². The molecule has 0 spiro atoms. The number of pyridine rings is 1. The second-order valence-corrected chi connectivity index (χ2v) is 2.22. The maximum Gasteiger partial charge on any atom is 0.101 e. The molecule has 0 radical (unpaired) electrons. The molecule has 0 aliphatic heterocycles. The van der Waals surface area contributed by atoms with Crippen molar-refractivity contribution in [3.63, 3.8) is 0 Å². The molecule has 1 rings (SSSR count). The van der Waals surface area contributed by atoms with Gasteiger partial charge in [0, 0.05) is 11.8 Å². The van der Waals surface area contributed by atoms with E-state index in [1.54, 1.807) is 18.2 Å². The summed E-state index contributed by atoms with van der Waals surface area (Å²) >= 11 is 0. The highest BCUT2D eigenvalue weighted by molar-refractivity contribution is 5.61. The van der Waals surface area contributed by atoms with Crippen molar-refractivity contribution in [2.75, 3.05) is 0 Å². The fourth-order valence-electron chi connectivity index (χ4n) is 0.888. The topological polar surface area (TPSA) is 36.7 Å². The highest BCUT2D eigenvalue weighted by Crippen LogP contribution is 2.10. The molecule has 0 fully saturated rings. The Morgan fingerprint density at radius 3 is 2.67 bits per heavy atom. The molecule has 0 N–H and O–H groups in total. The molecule has 0 aliphatic rings. The average molecular weight is 156 g/mol. The maximum atomic E-state index is 8.57. The molecular weight excluding hydrogens is 148 g/mol. The lowest BCUT2D eigenvalue weighted by Gasteiger charge is -1.98. The van der Waals surface area contributed by atoms with E-state index in [2.05, 4.69) is 18.1 Å². The van der Waals surface area contributed by atoms with Gasteiger partial charge < -0.3 is 0 Å². The zero-order chi connectivity index (χ0) is 8.97. The quantitative estimate of drug-likeness (QED) is 0.658. The van der Waals surface area contributed by atoms with Crippen LogP contribution in [0.4, 0.5) is 0 Å². The summed E-state index contributed by atoms with van der Waals surface area (Å²) < 4.78 is 0. The molecule has 0 atom stereocenters. The Hall–Kier alpha value is -1.88. The summed E-state index contributed by atoms with van der Waals surface area (Å²) in [5, 5.41) is 8.57. The van der Waals surface area contributed by atoms with Gasteiger partial charge in [-0.1, -0.05) is 19.2 Å². The molecule has 0 aromatic carbocycles. The van der Waals surface area contributed by atoms with E-state index in [0.717, 1.165) is 11.3 Å². The Morgan fingerprint density at radius 2 is 2.17 bits per heavy atom. The standard InChI is InChI=1S/C10H8N2/c1-3-9-5-8(6-11)7-12-10(9)4-2/h3-5,7H,1-2H2. The third kappa shape index (κ3) is 1.40. The van der Waals surface area contributed by atoms with E-state index in [1.165, 1.54) is 6.20 Å². The van der Waals surface area contributed by atoms with Gasteiger partial charge in [0.05, 0.1) is 11.3 Å². The fraction of sp³-hybridized carbons (Fsp3) is 0. The monoisotopic (exact) mass is 156 g/mol. The molecular formula is C10H8N2. The van der Waals surface area contributed by atoms with Gasteiger partial charge in [-0.2, -0.15) is 5.26 Å². The molecule has 2 nitrogen and oxygen atoms in total. The van der Waals surface area contributed by atoms with Gasteiger partial charge in [0.1, 0.15) is 6.07 Å². The van der Waals surface area contributed by atoms with Crippen molar-refractivity contribution in [2.24, 2.45) is 0 Å². The largest absolute Gasteiger partial charge is 0.255 e.